The summed E-state index contributed by atoms with van der Waals surface area (Å²) in [5.74, 6) is 0.210. The first-order valence-electron chi connectivity index (χ1n) is 10.3. The molecule has 156 valence electrons. The monoisotopic (exact) mass is 398 g/mol. The van der Waals surface area contributed by atoms with Crippen LogP contribution in [0.5, 0.6) is 0 Å². The van der Waals surface area contributed by atoms with Gasteiger partial charge in [-0.05, 0) is 47.8 Å². The molecule has 1 saturated heterocycles. The molecule has 4 rings (SSSR count). The van der Waals surface area contributed by atoms with Crippen molar-refractivity contribution in [2.75, 3.05) is 13.2 Å². The topological polar surface area (TPSA) is 84.7 Å². The molecular formula is C22H30N4O3. The highest BCUT2D eigenvalue weighted by molar-refractivity contribution is 6.00. The van der Waals surface area contributed by atoms with E-state index in [1.807, 2.05) is 24.4 Å². The van der Waals surface area contributed by atoms with Crippen molar-refractivity contribution >= 4 is 17.3 Å². The molecule has 7 nitrogen and oxygen atoms in total. The van der Waals surface area contributed by atoms with Gasteiger partial charge in [0.15, 0.2) is 0 Å². The van der Waals surface area contributed by atoms with E-state index in [0.29, 0.717) is 24.6 Å². The highest BCUT2D eigenvalue weighted by Gasteiger charge is 2.49. The molecule has 3 unspecified atom stereocenters. The number of amides is 2. The van der Waals surface area contributed by atoms with E-state index in [2.05, 4.69) is 43.4 Å². The smallest absolute Gasteiger partial charge is 0.253 e. The van der Waals surface area contributed by atoms with Crippen LogP contribution in [0.1, 0.15) is 50.9 Å². The van der Waals surface area contributed by atoms with E-state index in [9.17, 15) is 9.59 Å². The Balaban J connectivity index is 1.31. The molecule has 2 aliphatic rings. The number of hydrogen-bond donors (Lipinski definition) is 2. The third-order valence-corrected chi connectivity index (χ3v) is 6.69. The molecule has 2 aromatic rings. The van der Waals surface area contributed by atoms with E-state index < -0.39 is 0 Å². The fourth-order valence-corrected chi connectivity index (χ4v) is 4.44. The molecule has 0 bridgehead atoms. The van der Waals surface area contributed by atoms with Gasteiger partial charge in [0.2, 0.25) is 5.91 Å². The first-order valence-corrected chi connectivity index (χ1v) is 10.3. The Labute approximate surface area is 171 Å². The van der Waals surface area contributed by atoms with Gasteiger partial charge in [0, 0.05) is 18.8 Å². The van der Waals surface area contributed by atoms with Crippen molar-refractivity contribution in [3.8, 4) is 0 Å². The van der Waals surface area contributed by atoms with Crippen LogP contribution < -0.4 is 10.6 Å². The maximum Gasteiger partial charge on any atom is 0.253 e. The van der Waals surface area contributed by atoms with E-state index in [-0.39, 0.29) is 34.8 Å². The summed E-state index contributed by atoms with van der Waals surface area (Å²) in [5, 5.41) is 10.4. The van der Waals surface area contributed by atoms with Crippen molar-refractivity contribution < 1.29 is 14.3 Å². The Bertz CT molecular complexity index is 933. The van der Waals surface area contributed by atoms with E-state index >= 15 is 0 Å². The van der Waals surface area contributed by atoms with Crippen molar-refractivity contribution in [1.82, 2.24) is 20.2 Å². The largest absolute Gasteiger partial charge is 0.368 e. The number of rotatable bonds is 5. The lowest BCUT2D eigenvalue weighted by Crippen LogP contribution is -2.61. The number of fused-ring (bicyclic) bond motifs is 1. The molecule has 2 N–H and O–H groups in total. The number of aromatic nitrogens is 2. The van der Waals surface area contributed by atoms with Gasteiger partial charge in [-0.1, -0.05) is 27.7 Å². The van der Waals surface area contributed by atoms with Gasteiger partial charge in [-0.15, -0.1) is 0 Å². The molecule has 1 aliphatic carbocycles. The van der Waals surface area contributed by atoms with Crippen LogP contribution in [0.2, 0.25) is 0 Å². The zero-order valence-electron chi connectivity index (χ0n) is 17.6. The second kappa shape index (κ2) is 7.13. The number of carbonyl (C=O) groups is 2. The van der Waals surface area contributed by atoms with Gasteiger partial charge in [0.1, 0.15) is 6.10 Å². The van der Waals surface area contributed by atoms with Crippen LogP contribution in [0.25, 0.3) is 5.52 Å². The maximum absolute atomic E-state index is 12.8. The van der Waals surface area contributed by atoms with Gasteiger partial charge >= 0.3 is 0 Å². The minimum Gasteiger partial charge on any atom is -0.368 e. The molecule has 29 heavy (non-hydrogen) atoms. The Morgan fingerprint density at radius 2 is 2.07 bits per heavy atom. The third kappa shape index (κ3) is 3.75. The number of carbonyl (C=O) groups excluding carboxylic acids is 2. The standard InChI is InChI=1S/C22H30N4O3/c1-21(2)11-17(29-13-21)20(28)23-12-14-10-18(22(14,3)4)25-19(27)15-6-5-9-26-16(15)7-8-24-26/h5-9,14,17-18H,10-13H2,1-4H3,(H,23,28)(H,25,27). The molecule has 3 heterocycles. The molecule has 2 amide bonds. The summed E-state index contributed by atoms with van der Waals surface area (Å²) in [5.41, 5.74) is 1.39. The lowest BCUT2D eigenvalue weighted by atomic mass is 9.58. The van der Waals surface area contributed by atoms with E-state index in [0.717, 1.165) is 18.4 Å². The summed E-state index contributed by atoms with van der Waals surface area (Å²) in [6.45, 7) is 9.76. The van der Waals surface area contributed by atoms with Crippen LogP contribution in [-0.2, 0) is 9.53 Å². The van der Waals surface area contributed by atoms with Crippen molar-refractivity contribution in [3.63, 3.8) is 0 Å². The van der Waals surface area contributed by atoms with Gasteiger partial charge in [-0.25, -0.2) is 4.52 Å². The molecule has 2 aromatic heterocycles. The quantitative estimate of drug-likeness (QED) is 0.810. The molecule has 2 fully saturated rings. The molecule has 3 atom stereocenters. The number of nitrogens with one attached hydrogen (secondary N) is 2. The lowest BCUT2D eigenvalue weighted by Gasteiger charge is -2.52. The minimum atomic E-state index is -0.347. The summed E-state index contributed by atoms with van der Waals surface area (Å²) in [6.07, 6.45) is 4.77. The molecule has 7 heteroatoms. The number of nitrogens with zero attached hydrogens (tertiary/aromatic N) is 2. The molecule has 1 aliphatic heterocycles. The molecule has 0 spiro atoms. The number of pyridine rings is 1. The van der Waals surface area contributed by atoms with Crippen LogP contribution >= 0.6 is 0 Å². The fourth-order valence-electron chi connectivity index (χ4n) is 4.44. The zero-order valence-corrected chi connectivity index (χ0v) is 17.6. The van der Waals surface area contributed by atoms with E-state index in [1.54, 1.807) is 10.7 Å². The predicted octanol–water partition coefficient (Wildman–Crippen LogP) is 2.41. The average Bonchev–Trinajstić information content (AvgIpc) is 3.29. The maximum atomic E-state index is 12.8. The lowest BCUT2D eigenvalue weighted by molar-refractivity contribution is -0.131. The van der Waals surface area contributed by atoms with Gasteiger partial charge in [0.05, 0.1) is 23.9 Å². The van der Waals surface area contributed by atoms with Gasteiger partial charge in [0.25, 0.3) is 5.91 Å². The number of hydrogen-bond acceptors (Lipinski definition) is 4. The highest BCUT2D eigenvalue weighted by atomic mass is 16.5. The zero-order chi connectivity index (χ0) is 20.8. The highest BCUT2D eigenvalue weighted by Crippen LogP contribution is 2.46. The number of ether oxygens (including phenoxy) is 1. The molecule has 0 aromatic carbocycles. The molecular weight excluding hydrogens is 368 g/mol. The van der Waals surface area contributed by atoms with Crippen LogP contribution in [-0.4, -0.2) is 46.7 Å². The Morgan fingerprint density at radius 1 is 1.28 bits per heavy atom. The average molecular weight is 399 g/mol. The van der Waals surface area contributed by atoms with Gasteiger partial charge in [-0.2, -0.15) is 5.10 Å². The Kier molecular flexibility index (Phi) is 4.89. The van der Waals surface area contributed by atoms with Crippen molar-refractivity contribution in [1.29, 1.82) is 0 Å². The van der Waals surface area contributed by atoms with Crippen LogP contribution in [0.15, 0.2) is 30.6 Å². The summed E-state index contributed by atoms with van der Waals surface area (Å²) in [6, 6.07) is 5.55. The second-order valence-corrected chi connectivity index (χ2v) is 9.78. The fraction of sp³-hybridized carbons (Fsp3) is 0.591. The SMILES string of the molecule is CC1(C)COC(C(=O)NCC2CC(NC(=O)c3cccn4nccc34)C2(C)C)C1. The van der Waals surface area contributed by atoms with Crippen LogP contribution in [0, 0.1) is 16.7 Å². The van der Waals surface area contributed by atoms with E-state index in [4.69, 9.17) is 4.74 Å². The first kappa shape index (κ1) is 19.9. The molecule has 0 radical (unpaired) electrons. The Hall–Kier alpha value is -2.41. The Morgan fingerprint density at radius 3 is 2.76 bits per heavy atom. The second-order valence-electron chi connectivity index (χ2n) is 9.78. The summed E-state index contributed by atoms with van der Waals surface area (Å²) < 4.78 is 7.34. The van der Waals surface area contributed by atoms with Gasteiger partial charge in [-0.3, -0.25) is 9.59 Å². The minimum absolute atomic E-state index is 0.0220. The van der Waals surface area contributed by atoms with Crippen molar-refractivity contribution in [2.24, 2.45) is 16.7 Å². The van der Waals surface area contributed by atoms with Crippen molar-refractivity contribution in [3.05, 3.63) is 36.2 Å². The third-order valence-electron chi connectivity index (χ3n) is 6.69. The molecule has 1 saturated carbocycles. The summed E-state index contributed by atoms with van der Waals surface area (Å²) in [4.78, 5) is 25.2. The van der Waals surface area contributed by atoms with Gasteiger partial charge < -0.3 is 15.4 Å². The predicted molar refractivity (Wildman–Crippen MR) is 109 cm³/mol. The summed E-state index contributed by atoms with van der Waals surface area (Å²) >= 11 is 0. The van der Waals surface area contributed by atoms with E-state index in [1.165, 1.54) is 0 Å². The first-order chi connectivity index (χ1) is 13.7. The summed E-state index contributed by atoms with van der Waals surface area (Å²) in [7, 11) is 0. The normalized spacial score (nSPS) is 27.4. The van der Waals surface area contributed by atoms with Crippen molar-refractivity contribution in [2.45, 2.75) is 52.7 Å². The van der Waals surface area contributed by atoms with Crippen LogP contribution in [0.3, 0.4) is 0 Å². The van der Waals surface area contributed by atoms with Crippen LogP contribution in [0.4, 0.5) is 0 Å².